The van der Waals surface area contributed by atoms with Gasteiger partial charge in [-0.25, -0.2) is 0 Å². The Balaban J connectivity index is 1.65. The summed E-state index contributed by atoms with van der Waals surface area (Å²) in [5, 5.41) is 12.7. The summed E-state index contributed by atoms with van der Waals surface area (Å²) in [5.74, 6) is 1.92. The van der Waals surface area contributed by atoms with Crippen molar-refractivity contribution in [3.05, 3.63) is 29.8 Å². The number of aryl methyl sites for hydroxylation is 1. The Hall–Kier alpha value is -1.82. The zero-order valence-electron chi connectivity index (χ0n) is 15.9. The molecule has 1 fully saturated rings. The fourth-order valence-electron chi connectivity index (χ4n) is 3.61. The summed E-state index contributed by atoms with van der Waals surface area (Å²) in [6.45, 7) is 7.17. The highest BCUT2D eigenvalue weighted by atomic mass is 32.2. The van der Waals surface area contributed by atoms with E-state index in [4.69, 9.17) is 0 Å². The van der Waals surface area contributed by atoms with Crippen molar-refractivity contribution in [2.24, 2.45) is 5.92 Å². The second kappa shape index (κ2) is 8.71. The lowest BCUT2D eigenvalue weighted by molar-refractivity contribution is -0.119. The van der Waals surface area contributed by atoms with E-state index in [2.05, 4.69) is 53.0 Å². The van der Waals surface area contributed by atoms with E-state index in [0.29, 0.717) is 17.7 Å². The Kier molecular flexibility index (Phi) is 6.35. The molecule has 140 valence electrons. The average molecular weight is 373 g/mol. The Morgan fingerprint density at radius 1 is 1.27 bits per heavy atom. The van der Waals surface area contributed by atoms with Crippen LogP contribution in [-0.2, 0) is 11.3 Å². The van der Waals surface area contributed by atoms with Gasteiger partial charge in [0.2, 0.25) is 5.91 Å². The molecule has 5 nitrogen and oxygen atoms in total. The van der Waals surface area contributed by atoms with Crippen molar-refractivity contribution in [2.45, 2.75) is 64.2 Å². The molecule has 0 spiro atoms. The van der Waals surface area contributed by atoms with Crippen LogP contribution in [0.4, 0.5) is 0 Å². The highest BCUT2D eigenvalue weighted by molar-refractivity contribution is 7.99. The molecule has 1 aliphatic rings. The van der Waals surface area contributed by atoms with E-state index >= 15 is 0 Å². The number of nitrogens with one attached hydrogen (secondary N) is 1. The van der Waals surface area contributed by atoms with Gasteiger partial charge in [0.1, 0.15) is 0 Å². The fourth-order valence-corrected chi connectivity index (χ4v) is 4.43. The van der Waals surface area contributed by atoms with Gasteiger partial charge in [0.05, 0.1) is 5.75 Å². The molecule has 0 bridgehead atoms. The van der Waals surface area contributed by atoms with Crippen LogP contribution in [0.3, 0.4) is 0 Å². The molecule has 1 aromatic carbocycles. The summed E-state index contributed by atoms with van der Waals surface area (Å²) in [6.07, 6.45) is 4.80. The van der Waals surface area contributed by atoms with Crippen LogP contribution in [-0.4, -0.2) is 32.5 Å². The van der Waals surface area contributed by atoms with E-state index in [1.807, 2.05) is 12.1 Å². The van der Waals surface area contributed by atoms with E-state index in [9.17, 15) is 4.79 Å². The third kappa shape index (κ3) is 4.29. The van der Waals surface area contributed by atoms with Gasteiger partial charge in [-0.05, 0) is 38.2 Å². The number of thioether (sulfide) groups is 1. The van der Waals surface area contributed by atoms with Crippen LogP contribution in [0.2, 0.25) is 0 Å². The summed E-state index contributed by atoms with van der Waals surface area (Å²) in [6, 6.07) is 8.51. The first-order valence-electron chi connectivity index (χ1n) is 9.51. The van der Waals surface area contributed by atoms with Gasteiger partial charge in [-0.1, -0.05) is 55.8 Å². The number of amides is 1. The molecule has 2 atom stereocenters. The van der Waals surface area contributed by atoms with Gasteiger partial charge in [0.25, 0.3) is 0 Å². The molecule has 1 saturated carbocycles. The molecule has 6 heteroatoms. The molecular formula is C20H28N4OS. The molecule has 1 aliphatic carbocycles. The number of aromatic nitrogens is 3. The maximum absolute atomic E-state index is 12.4. The standard InChI is InChI=1S/C20H28N4OS/c1-4-24-19(16-11-7-5-9-14(16)2)22-23-20(24)26-13-18(25)21-17-12-8-6-10-15(17)3/h5,7,9,11,15,17H,4,6,8,10,12-13H2,1-3H3,(H,21,25)/t15-,17+/m0/s1. The van der Waals surface area contributed by atoms with Gasteiger partial charge in [-0.15, -0.1) is 10.2 Å². The van der Waals surface area contributed by atoms with E-state index in [1.54, 1.807) is 0 Å². The van der Waals surface area contributed by atoms with Gasteiger partial charge >= 0.3 is 0 Å². The Morgan fingerprint density at radius 2 is 2.04 bits per heavy atom. The molecule has 26 heavy (non-hydrogen) atoms. The Labute approximate surface area is 160 Å². The van der Waals surface area contributed by atoms with Crippen LogP contribution in [0, 0.1) is 12.8 Å². The van der Waals surface area contributed by atoms with E-state index in [-0.39, 0.29) is 5.91 Å². The number of carbonyl (C=O) groups is 1. The molecular weight excluding hydrogens is 344 g/mol. The first-order valence-corrected chi connectivity index (χ1v) is 10.5. The summed E-state index contributed by atoms with van der Waals surface area (Å²) < 4.78 is 2.09. The topological polar surface area (TPSA) is 59.8 Å². The maximum atomic E-state index is 12.4. The molecule has 0 saturated heterocycles. The largest absolute Gasteiger partial charge is 0.352 e. The van der Waals surface area contributed by atoms with Gasteiger partial charge in [-0.2, -0.15) is 0 Å². The smallest absolute Gasteiger partial charge is 0.230 e. The number of hydrogen-bond acceptors (Lipinski definition) is 4. The number of nitrogens with zero attached hydrogens (tertiary/aromatic N) is 3. The zero-order valence-corrected chi connectivity index (χ0v) is 16.7. The summed E-state index contributed by atoms with van der Waals surface area (Å²) >= 11 is 1.47. The highest BCUT2D eigenvalue weighted by Gasteiger charge is 2.23. The van der Waals surface area contributed by atoms with E-state index < -0.39 is 0 Å². The van der Waals surface area contributed by atoms with Crippen molar-refractivity contribution >= 4 is 17.7 Å². The van der Waals surface area contributed by atoms with Crippen molar-refractivity contribution in [2.75, 3.05) is 5.75 Å². The predicted octanol–water partition coefficient (Wildman–Crippen LogP) is 4.06. The van der Waals surface area contributed by atoms with Crippen LogP contribution in [0.25, 0.3) is 11.4 Å². The van der Waals surface area contributed by atoms with Crippen LogP contribution < -0.4 is 5.32 Å². The molecule has 1 heterocycles. The monoisotopic (exact) mass is 372 g/mol. The fraction of sp³-hybridized carbons (Fsp3) is 0.550. The number of benzene rings is 1. The van der Waals surface area contributed by atoms with Gasteiger partial charge < -0.3 is 9.88 Å². The molecule has 1 amide bonds. The normalized spacial score (nSPS) is 20.1. The van der Waals surface area contributed by atoms with Gasteiger partial charge in [0.15, 0.2) is 11.0 Å². The Bertz CT molecular complexity index is 758. The lowest BCUT2D eigenvalue weighted by atomic mass is 9.86. The predicted molar refractivity (Wildman–Crippen MR) is 106 cm³/mol. The van der Waals surface area contributed by atoms with Crippen LogP contribution in [0.1, 0.15) is 45.1 Å². The minimum absolute atomic E-state index is 0.0943. The molecule has 0 radical (unpaired) electrons. The maximum Gasteiger partial charge on any atom is 0.230 e. The van der Waals surface area contributed by atoms with Crippen molar-refractivity contribution < 1.29 is 4.79 Å². The van der Waals surface area contributed by atoms with Gasteiger partial charge in [0, 0.05) is 18.2 Å². The van der Waals surface area contributed by atoms with Crippen molar-refractivity contribution in [3.63, 3.8) is 0 Å². The summed E-state index contributed by atoms with van der Waals surface area (Å²) in [7, 11) is 0. The minimum Gasteiger partial charge on any atom is -0.352 e. The van der Waals surface area contributed by atoms with E-state index in [1.165, 1.54) is 36.6 Å². The van der Waals surface area contributed by atoms with Crippen LogP contribution in [0.15, 0.2) is 29.4 Å². The van der Waals surface area contributed by atoms with Crippen molar-refractivity contribution in [1.82, 2.24) is 20.1 Å². The second-order valence-electron chi connectivity index (χ2n) is 7.09. The summed E-state index contributed by atoms with van der Waals surface area (Å²) in [4.78, 5) is 12.4. The highest BCUT2D eigenvalue weighted by Crippen LogP contribution is 2.27. The van der Waals surface area contributed by atoms with Crippen molar-refractivity contribution in [3.8, 4) is 11.4 Å². The number of rotatable bonds is 6. The third-order valence-corrected chi connectivity index (χ3v) is 6.18. The van der Waals surface area contributed by atoms with Crippen LogP contribution >= 0.6 is 11.8 Å². The number of carbonyl (C=O) groups excluding carboxylic acids is 1. The number of hydrogen-bond donors (Lipinski definition) is 1. The molecule has 0 unspecified atom stereocenters. The molecule has 2 aromatic rings. The molecule has 1 aromatic heterocycles. The SMILES string of the molecule is CCn1c(SCC(=O)N[C@@H]2CCCC[C@@H]2C)nnc1-c1ccccc1C. The summed E-state index contributed by atoms with van der Waals surface area (Å²) in [5.41, 5.74) is 2.27. The second-order valence-corrected chi connectivity index (χ2v) is 8.03. The Morgan fingerprint density at radius 3 is 2.77 bits per heavy atom. The third-order valence-electron chi connectivity index (χ3n) is 5.21. The molecule has 1 N–H and O–H groups in total. The first-order chi connectivity index (χ1) is 12.6. The zero-order chi connectivity index (χ0) is 18.5. The first kappa shape index (κ1) is 19.0. The molecule has 0 aliphatic heterocycles. The molecule has 3 rings (SSSR count). The van der Waals surface area contributed by atoms with E-state index in [0.717, 1.165) is 29.5 Å². The lowest BCUT2D eigenvalue weighted by Crippen LogP contribution is -2.41. The van der Waals surface area contributed by atoms with Crippen LogP contribution in [0.5, 0.6) is 0 Å². The average Bonchev–Trinajstić information content (AvgIpc) is 3.05. The lowest BCUT2D eigenvalue weighted by Gasteiger charge is -2.29. The minimum atomic E-state index is 0.0943. The van der Waals surface area contributed by atoms with Crippen molar-refractivity contribution in [1.29, 1.82) is 0 Å². The van der Waals surface area contributed by atoms with Gasteiger partial charge in [-0.3, -0.25) is 4.79 Å². The quantitative estimate of drug-likeness (QED) is 0.777.